The van der Waals surface area contributed by atoms with Gasteiger partial charge in [-0.2, -0.15) is 5.10 Å². The minimum absolute atomic E-state index is 0.140. The summed E-state index contributed by atoms with van der Waals surface area (Å²) in [6.45, 7) is 8.58. The quantitative estimate of drug-likeness (QED) is 0.853. The lowest BCUT2D eigenvalue weighted by Crippen LogP contribution is -2.45. The van der Waals surface area contributed by atoms with Gasteiger partial charge in [-0.15, -0.1) is 0 Å². The van der Waals surface area contributed by atoms with Crippen molar-refractivity contribution in [2.45, 2.75) is 52.1 Å². The summed E-state index contributed by atoms with van der Waals surface area (Å²) in [5, 5.41) is 10.8. The monoisotopic (exact) mass is 346 g/mol. The van der Waals surface area contributed by atoms with Gasteiger partial charge in [0.1, 0.15) is 0 Å². The lowest BCUT2D eigenvalue weighted by molar-refractivity contribution is -0.128. The van der Waals surface area contributed by atoms with Crippen molar-refractivity contribution in [1.82, 2.24) is 20.4 Å². The third-order valence-electron chi connectivity index (χ3n) is 6.25. The molecular formula is C19H30N4O2. The number of rotatable bonds is 5. The summed E-state index contributed by atoms with van der Waals surface area (Å²) >= 11 is 0. The summed E-state index contributed by atoms with van der Waals surface area (Å²) in [5.74, 6) is 1.80. The topological polar surface area (TPSA) is 70.2 Å². The van der Waals surface area contributed by atoms with E-state index in [9.17, 15) is 4.79 Å². The van der Waals surface area contributed by atoms with E-state index < -0.39 is 0 Å². The van der Waals surface area contributed by atoms with Crippen LogP contribution in [0.1, 0.15) is 42.6 Å². The van der Waals surface area contributed by atoms with E-state index in [2.05, 4.69) is 34.3 Å². The number of hydrogen-bond acceptors (Lipinski definition) is 4. The van der Waals surface area contributed by atoms with Gasteiger partial charge < -0.3 is 10.1 Å². The van der Waals surface area contributed by atoms with Gasteiger partial charge in [0.05, 0.1) is 5.69 Å². The van der Waals surface area contributed by atoms with Crippen molar-refractivity contribution in [2.75, 3.05) is 26.3 Å². The summed E-state index contributed by atoms with van der Waals surface area (Å²) < 4.78 is 5.39. The van der Waals surface area contributed by atoms with Gasteiger partial charge in [-0.25, -0.2) is 0 Å². The molecule has 0 radical (unpaired) electrons. The van der Waals surface area contributed by atoms with Gasteiger partial charge in [0.15, 0.2) is 0 Å². The van der Waals surface area contributed by atoms with E-state index in [1.807, 2.05) is 0 Å². The number of nitrogens with one attached hydrogen (secondary N) is 2. The zero-order valence-electron chi connectivity index (χ0n) is 15.4. The molecule has 0 unspecified atom stereocenters. The maximum absolute atomic E-state index is 12.7. The molecule has 1 aromatic rings. The molecule has 3 aliphatic rings. The first-order chi connectivity index (χ1) is 12.1. The van der Waals surface area contributed by atoms with Gasteiger partial charge in [0.25, 0.3) is 0 Å². The number of aryl methyl sites for hydroxylation is 2. The van der Waals surface area contributed by atoms with Crippen molar-refractivity contribution < 1.29 is 9.53 Å². The van der Waals surface area contributed by atoms with E-state index in [0.717, 1.165) is 63.0 Å². The molecule has 3 heterocycles. The molecule has 1 aromatic heterocycles. The zero-order chi connectivity index (χ0) is 17.4. The van der Waals surface area contributed by atoms with E-state index in [4.69, 9.17) is 4.74 Å². The highest BCUT2D eigenvalue weighted by Crippen LogP contribution is 2.42. The highest BCUT2D eigenvalue weighted by atomic mass is 16.5. The van der Waals surface area contributed by atoms with Crippen LogP contribution in [0.15, 0.2) is 0 Å². The normalized spacial score (nSPS) is 28.4. The first kappa shape index (κ1) is 17.0. The molecule has 2 atom stereocenters. The summed E-state index contributed by atoms with van der Waals surface area (Å²) in [4.78, 5) is 15.2. The molecule has 4 rings (SSSR count). The summed E-state index contributed by atoms with van der Waals surface area (Å²) in [6.07, 6.45) is 4.38. The molecule has 6 heteroatoms. The first-order valence-electron chi connectivity index (χ1n) is 9.72. The van der Waals surface area contributed by atoms with Crippen LogP contribution in [0.2, 0.25) is 0 Å². The van der Waals surface area contributed by atoms with Gasteiger partial charge in [-0.1, -0.05) is 0 Å². The maximum Gasteiger partial charge on any atom is 0.223 e. The Morgan fingerprint density at radius 1 is 1.24 bits per heavy atom. The molecule has 3 fully saturated rings. The van der Waals surface area contributed by atoms with E-state index in [0.29, 0.717) is 12.0 Å². The van der Waals surface area contributed by atoms with Crippen LogP contribution in [-0.4, -0.2) is 53.3 Å². The Labute approximate surface area is 149 Å². The molecule has 25 heavy (non-hydrogen) atoms. The number of ether oxygens (including phenoxy) is 1. The van der Waals surface area contributed by atoms with E-state index in [1.54, 1.807) is 0 Å². The minimum atomic E-state index is 0.140. The van der Waals surface area contributed by atoms with E-state index in [-0.39, 0.29) is 11.8 Å². The Kier molecular flexibility index (Phi) is 4.82. The predicted molar refractivity (Wildman–Crippen MR) is 95.0 cm³/mol. The average molecular weight is 346 g/mol. The van der Waals surface area contributed by atoms with Crippen LogP contribution in [0.25, 0.3) is 0 Å². The fourth-order valence-corrected chi connectivity index (χ4v) is 4.49. The summed E-state index contributed by atoms with van der Waals surface area (Å²) in [5.41, 5.74) is 3.57. The second-order valence-electron chi connectivity index (χ2n) is 8.11. The molecule has 1 amide bonds. The van der Waals surface area contributed by atoms with Gasteiger partial charge >= 0.3 is 0 Å². The zero-order valence-corrected chi connectivity index (χ0v) is 15.4. The fraction of sp³-hybridized carbons (Fsp3) is 0.789. The molecular weight excluding hydrogens is 316 g/mol. The van der Waals surface area contributed by atoms with Crippen LogP contribution in [0, 0.1) is 31.6 Å². The number of carbonyl (C=O) groups is 1. The van der Waals surface area contributed by atoms with Gasteiger partial charge in [0, 0.05) is 56.1 Å². The summed E-state index contributed by atoms with van der Waals surface area (Å²) in [7, 11) is 0. The Morgan fingerprint density at radius 2 is 2.00 bits per heavy atom. The molecule has 6 nitrogen and oxygen atoms in total. The Hall–Kier alpha value is -1.40. The standard InChI is InChI=1S/C19H30N4O2/c1-12-16(13(2)22-21-12)9-23-10-17(14-3-4-14)18(11-23)20-19(24)15-5-7-25-8-6-15/h14-15,17-18H,3-11H2,1-2H3,(H,20,24)(H,21,22)/t17-,18+/m1/s1. The number of hydrogen-bond donors (Lipinski definition) is 2. The van der Waals surface area contributed by atoms with Gasteiger partial charge in [0.2, 0.25) is 5.91 Å². The maximum atomic E-state index is 12.7. The highest BCUT2D eigenvalue weighted by Gasteiger charge is 2.43. The largest absolute Gasteiger partial charge is 0.381 e. The molecule has 2 N–H and O–H groups in total. The van der Waals surface area contributed by atoms with Gasteiger partial charge in [-0.05, 0) is 51.4 Å². The van der Waals surface area contributed by atoms with Crippen LogP contribution in [0.4, 0.5) is 0 Å². The number of likely N-dealkylation sites (tertiary alicyclic amines) is 1. The van der Waals surface area contributed by atoms with Crippen LogP contribution >= 0.6 is 0 Å². The lowest BCUT2D eigenvalue weighted by Gasteiger charge is -2.25. The smallest absolute Gasteiger partial charge is 0.223 e. The number of aromatic amines is 1. The van der Waals surface area contributed by atoms with Crippen molar-refractivity contribution in [3.05, 3.63) is 17.0 Å². The second kappa shape index (κ2) is 7.08. The molecule has 1 saturated carbocycles. The molecule has 0 aromatic carbocycles. The van der Waals surface area contributed by atoms with Crippen LogP contribution in [0.5, 0.6) is 0 Å². The molecule has 0 spiro atoms. The third kappa shape index (κ3) is 3.75. The van der Waals surface area contributed by atoms with E-state index in [1.165, 1.54) is 18.4 Å². The lowest BCUT2D eigenvalue weighted by atomic mass is 9.95. The SMILES string of the molecule is Cc1n[nH]c(C)c1CN1C[C@H](NC(=O)C2CCOCC2)[C@@H](C2CC2)C1. The number of H-pyrrole nitrogens is 1. The number of nitrogens with zero attached hydrogens (tertiary/aromatic N) is 2. The molecule has 2 saturated heterocycles. The Balaban J connectivity index is 1.39. The molecule has 2 aliphatic heterocycles. The highest BCUT2D eigenvalue weighted by molar-refractivity contribution is 5.79. The van der Waals surface area contributed by atoms with Crippen LogP contribution in [0.3, 0.4) is 0 Å². The van der Waals surface area contributed by atoms with Crippen molar-refractivity contribution >= 4 is 5.91 Å². The second-order valence-corrected chi connectivity index (χ2v) is 8.11. The molecule has 1 aliphatic carbocycles. The van der Waals surface area contributed by atoms with Crippen LogP contribution in [-0.2, 0) is 16.1 Å². The van der Waals surface area contributed by atoms with E-state index >= 15 is 0 Å². The number of carbonyl (C=O) groups excluding carboxylic acids is 1. The molecule has 138 valence electrons. The predicted octanol–water partition coefficient (Wildman–Crippen LogP) is 1.78. The number of aromatic nitrogens is 2. The average Bonchev–Trinajstić information content (AvgIpc) is 3.33. The van der Waals surface area contributed by atoms with Crippen molar-refractivity contribution in [3.8, 4) is 0 Å². The number of amides is 1. The van der Waals surface area contributed by atoms with Crippen LogP contribution < -0.4 is 5.32 Å². The Bertz CT molecular complexity index is 599. The van der Waals surface area contributed by atoms with Crippen molar-refractivity contribution in [3.63, 3.8) is 0 Å². The summed E-state index contributed by atoms with van der Waals surface area (Å²) in [6, 6.07) is 0.301. The Morgan fingerprint density at radius 3 is 2.64 bits per heavy atom. The third-order valence-corrected chi connectivity index (χ3v) is 6.25. The van der Waals surface area contributed by atoms with Gasteiger partial charge in [-0.3, -0.25) is 14.8 Å². The molecule has 0 bridgehead atoms. The minimum Gasteiger partial charge on any atom is -0.381 e. The first-order valence-corrected chi connectivity index (χ1v) is 9.72. The van der Waals surface area contributed by atoms with Crippen molar-refractivity contribution in [2.24, 2.45) is 17.8 Å². The van der Waals surface area contributed by atoms with Crippen molar-refractivity contribution in [1.29, 1.82) is 0 Å². The fourth-order valence-electron chi connectivity index (χ4n) is 4.49.